The molecule has 11 heteroatoms. The number of rotatable bonds is 3. The van der Waals surface area contributed by atoms with E-state index in [2.05, 4.69) is 30.4 Å². The molecule has 1 rings (SSSR count). The summed E-state index contributed by atoms with van der Waals surface area (Å²) in [6, 6.07) is 0. The van der Waals surface area contributed by atoms with E-state index in [1.165, 1.54) is 0 Å². The van der Waals surface area contributed by atoms with E-state index in [1.807, 2.05) is 0 Å². The molecule has 1 aromatic rings. The molecule has 0 aliphatic heterocycles. The minimum absolute atomic E-state index is 0.242. The van der Waals surface area contributed by atoms with Gasteiger partial charge in [0.1, 0.15) is 0 Å². The van der Waals surface area contributed by atoms with E-state index >= 15 is 0 Å². The number of hydrogen-bond donors (Lipinski definition) is 0. The van der Waals surface area contributed by atoms with Gasteiger partial charge in [-0.3, -0.25) is 0 Å². The molecule has 0 aliphatic rings. The van der Waals surface area contributed by atoms with Gasteiger partial charge in [-0.1, -0.05) is 15.9 Å². The van der Waals surface area contributed by atoms with Crippen molar-refractivity contribution in [2.45, 2.75) is 17.9 Å². The highest BCUT2D eigenvalue weighted by Gasteiger charge is 2.40. The molecule has 4 nitrogen and oxygen atoms in total. The average molecular weight is 382 g/mol. The maximum atomic E-state index is 12.7. The van der Waals surface area contributed by atoms with Crippen molar-refractivity contribution >= 4 is 21.9 Å². The molecule has 0 bridgehead atoms. The van der Waals surface area contributed by atoms with Crippen molar-refractivity contribution in [1.82, 2.24) is 4.98 Å². The summed E-state index contributed by atoms with van der Waals surface area (Å²) in [7, 11) is 0.840. The molecule has 0 radical (unpaired) electrons. The lowest BCUT2D eigenvalue weighted by Gasteiger charge is -2.18. The number of ether oxygens (including phenoxy) is 2. The topological polar surface area (TPSA) is 48.4 Å². The zero-order valence-electron chi connectivity index (χ0n) is 10.1. The first-order chi connectivity index (χ1) is 9.51. The number of aromatic nitrogens is 1. The molecule has 0 aromatic carbocycles. The molecule has 1 aromatic heterocycles. The minimum Gasteiger partial charge on any atom is -0.464 e. The Hall–Kier alpha value is -1.52. The normalized spacial score (nSPS) is 12.2. The molecule has 0 saturated heterocycles. The summed E-state index contributed by atoms with van der Waals surface area (Å²) < 4.78 is 82.9. The Balaban J connectivity index is 3.60. The van der Waals surface area contributed by atoms with Gasteiger partial charge in [-0.05, 0) is 0 Å². The van der Waals surface area contributed by atoms with Crippen LogP contribution in [0.1, 0.15) is 21.6 Å². The molecule has 0 unspecified atom stereocenters. The smallest absolute Gasteiger partial charge is 0.464 e. The molecule has 21 heavy (non-hydrogen) atoms. The minimum atomic E-state index is -5.30. The van der Waals surface area contributed by atoms with Gasteiger partial charge in [0.05, 0.1) is 12.7 Å². The van der Waals surface area contributed by atoms with Gasteiger partial charge in [-0.2, -0.15) is 13.2 Å². The molecular weight excluding hydrogens is 376 g/mol. The van der Waals surface area contributed by atoms with Gasteiger partial charge in [0.2, 0.25) is 0 Å². The first-order valence-corrected chi connectivity index (χ1v) is 6.12. The third kappa shape index (κ3) is 4.22. The van der Waals surface area contributed by atoms with E-state index in [1.54, 1.807) is 0 Å². The van der Waals surface area contributed by atoms with E-state index in [4.69, 9.17) is 0 Å². The highest BCUT2D eigenvalue weighted by molar-refractivity contribution is 9.08. The fraction of sp³-hybridized carbons (Fsp3) is 0.400. The fourth-order valence-corrected chi connectivity index (χ4v) is 1.93. The van der Waals surface area contributed by atoms with Crippen LogP contribution in [0.5, 0.6) is 5.75 Å². The van der Waals surface area contributed by atoms with Crippen LogP contribution < -0.4 is 4.74 Å². The van der Waals surface area contributed by atoms with Crippen LogP contribution in [0.2, 0.25) is 0 Å². The Morgan fingerprint density at radius 1 is 1.29 bits per heavy atom. The molecule has 0 N–H and O–H groups in total. The van der Waals surface area contributed by atoms with Crippen LogP contribution in [-0.2, 0) is 16.2 Å². The Kier molecular flexibility index (Phi) is 5.07. The SMILES string of the molecule is COC(=O)c1ncc(C(F)(F)F)c(CBr)c1OC(F)(F)F. The molecule has 0 fully saturated rings. The number of hydrogen-bond acceptors (Lipinski definition) is 4. The molecule has 118 valence electrons. The number of esters is 1. The van der Waals surface area contributed by atoms with Gasteiger partial charge in [-0.15, -0.1) is 13.2 Å². The summed E-state index contributed by atoms with van der Waals surface area (Å²) in [6.07, 6.45) is -10.0. The number of carbonyl (C=O) groups excluding carboxylic acids is 1. The van der Waals surface area contributed by atoms with Crippen LogP contribution in [0.15, 0.2) is 6.20 Å². The third-order valence-corrected chi connectivity index (χ3v) is 2.73. The summed E-state index contributed by atoms with van der Waals surface area (Å²) >= 11 is 2.64. The average Bonchev–Trinajstić information content (AvgIpc) is 2.34. The van der Waals surface area contributed by atoms with Crippen molar-refractivity contribution in [1.29, 1.82) is 0 Å². The predicted molar refractivity (Wildman–Crippen MR) is 59.9 cm³/mol. The number of carbonyl (C=O) groups is 1. The maximum Gasteiger partial charge on any atom is 0.573 e. The van der Waals surface area contributed by atoms with Crippen LogP contribution in [0, 0.1) is 0 Å². The zero-order chi connectivity index (χ0) is 16.4. The largest absolute Gasteiger partial charge is 0.573 e. The second-order valence-corrected chi connectivity index (χ2v) is 4.06. The van der Waals surface area contributed by atoms with Gasteiger partial charge in [-0.25, -0.2) is 9.78 Å². The molecule has 0 spiro atoms. The van der Waals surface area contributed by atoms with Crippen molar-refractivity contribution in [2.75, 3.05) is 7.11 Å². The van der Waals surface area contributed by atoms with Crippen molar-refractivity contribution in [3.8, 4) is 5.75 Å². The first-order valence-electron chi connectivity index (χ1n) is 5.00. The number of nitrogens with zero attached hydrogens (tertiary/aromatic N) is 1. The lowest BCUT2D eigenvalue weighted by Crippen LogP contribution is -2.23. The molecule has 0 amide bonds. The summed E-state index contributed by atoms with van der Waals surface area (Å²) in [5, 5.41) is -0.639. The van der Waals surface area contributed by atoms with Crippen molar-refractivity contribution in [3.05, 3.63) is 23.0 Å². The van der Waals surface area contributed by atoms with Crippen molar-refractivity contribution < 1.29 is 40.6 Å². The maximum absolute atomic E-state index is 12.7. The predicted octanol–water partition coefficient (Wildman–Crippen LogP) is 3.68. The van der Waals surface area contributed by atoms with E-state index in [-0.39, 0.29) is 6.20 Å². The monoisotopic (exact) mass is 381 g/mol. The van der Waals surface area contributed by atoms with E-state index in [9.17, 15) is 31.1 Å². The number of alkyl halides is 7. The van der Waals surface area contributed by atoms with Crippen LogP contribution >= 0.6 is 15.9 Å². The summed E-state index contributed by atoms with van der Waals surface area (Å²) in [5.41, 5.74) is -3.36. The molecule has 0 saturated carbocycles. The highest BCUT2D eigenvalue weighted by atomic mass is 79.9. The van der Waals surface area contributed by atoms with Gasteiger partial charge < -0.3 is 9.47 Å². The quantitative estimate of drug-likeness (QED) is 0.455. The zero-order valence-corrected chi connectivity index (χ0v) is 11.7. The molecule has 1 heterocycles. The van der Waals surface area contributed by atoms with Gasteiger partial charge >= 0.3 is 18.5 Å². The van der Waals surface area contributed by atoms with Crippen LogP contribution in [0.4, 0.5) is 26.3 Å². The summed E-state index contributed by atoms with van der Waals surface area (Å²) in [6.45, 7) is 0. The fourth-order valence-electron chi connectivity index (χ4n) is 1.38. The van der Waals surface area contributed by atoms with Gasteiger partial charge in [0.25, 0.3) is 0 Å². The highest BCUT2D eigenvalue weighted by Crippen LogP contribution is 2.40. The van der Waals surface area contributed by atoms with Gasteiger partial charge in [0.15, 0.2) is 11.4 Å². The van der Waals surface area contributed by atoms with Crippen molar-refractivity contribution in [3.63, 3.8) is 0 Å². The Morgan fingerprint density at radius 3 is 2.24 bits per heavy atom. The number of methoxy groups -OCH3 is 1. The van der Waals surface area contributed by atoms with Crippen molar-refractivity contribution in [2.24, 2.45) is 0 Å². The Labute approximate surface area is 122 Å². The van der Waals surface area contributed by atoms with Crippen LogP contribution in [0.3, 0.4) is 0 Å². The second kappa shape index (κ2) is 6.08. The molecular formula is C10H6BrF6NO3. The Bertz CT molecular complexity index is 543. The second-order valence-electron chi connectivity index (χ2n) is 3.50. The standard InChI is InChI=1S/C10H6BrF6NO3/c1-20-8(19)6-7(21-10(15,16)17)4(2-11)5(3-18-6)9(12,13)14/h3H,2H2,1H3. The third-order valence-electron chi connectivity index (χ3n) is 2.17. The number of halogens is 7. The van der Waals surface area contributed by atoms with E-state index in [0.717, 1.165) is 7.11 Å². The number of pyridine rings is 1. The summed E-state index contributed by atoms with van der Waals surface area (Å²) in [5.74, 6) is -2.70. The first kappa shape index (κ1) is 17.5. The molecule has 0 aliphatic carbocycles. The summed E-state index contributed by atoms with van der Waals surface area (Å²) in [4.78, 5) is 14.4. The van der Waals surface area contributed by atoms with Crippen LogP contribution in [0.25, 0.3) is 0 Å². The lowest BCUT2D eigenvalue weighted by atomic mass is 10.1. The Morgan fingerprint density at radius 2 is 1.86 bits per heavy atom. The van der Waals surface area contributed by atoms with E-state index in [0.29, 0.717) is 0 Å². The molecule has 0 atom stereocenters. The van der Waals surface area contributed by atoms with Crippen LogP contribution in [-0.4, -0.2) is 24.4 Å². The van der Waals surface area contributed by atoms with E-state index < -0.39 is 46.4 Å². The lowest BCUT2D eigenvalue weighted by molar-refractivity contribution is -0.275. The van der Waals surface area contributed by atoms with Gasteiger partial charge in [0, 0.05) is 17.1 Å².